The Morgan fingerprint density at radius 1 is 1.00 bits per heavy atom. The molecule has 78 valence electrons. The van der Waals surface area contributed by atoms with Gasteiger partial charge in [-0.3, -0.25) is 9.59 Å². The van der Waals surface area contributed by atoms with Gasteiger partial charge in [-0.15, -0.1) is 0 Å². The SMILES string of the molecule is COC(=O)C12C3C4C5C1C2C3C45C(=O)O. The van der Waals surface area contributed by atoms with E-state index in [4.69, 9.17) is 4.74 Å². The first-order valence-corrected chi connectivity index (χ1v) is 5.48. The van der Waals surface area contributed by atoms with Crippen molar-refractivity contribution in [1.29, 1.82) is 0 Å². The van der Waals surface area contributed by atoms with Crippen molar-refractivity contribution in [2.75, 3.05) is 7.11 Å². The zero-order valence-electron chi connectivity index (χ0n) is 8.14. The Labute approximate surface area is 85.6 Å². The van der Waals surface area contributed by atoms with E-state index in [-0.39, 0.29) is 16.8 Å². The molecule has 6 fully saturated rings. The fraction of sp³-hybridized carbons (Fsp3) is 0.818. The summed E-state index contributed by atoms with van der Waals surface area (Å²) in [5, 5.41) is 9.23. The molecule has 6 aliphatic rings. The average Bonchev–Trinajstić information content (AvgIpc) is 2.94. The molecular formula is C11H10O4. The quantitative estimate of drug-likeness (QED) is 0.645. The monoisotopic (exact) mass is 206 g/mol. The normalized spacial score (nSPS) is 72.3. The number of rotatable bonds is 2. The second kappa shape index (κ2) is 1.43. The van der Waals surface area contributed by atoms with Gasteiger partial charge in [0.15, 0.2) is 0 Å². The molecule has 6 rings (SSSR count). The van der Waals surface area contributed by atoms with E-state index in [1.54, 1.807) is 0 Å². The molecule has 0 aromatic carbocycles. The summed E-state index contributed by atoms with van der Waals surface area (Å²) in [6, 6.07) is 0. The second-order valence-electron chi connectivity index (χ2n) is 5.82. The standard InChI is InChI=1S/C11H10O4/c1-15-9(14)11-5-2-3-6(11)7(11)4(5)10(2,3)8(12)13/h2-7H,1H3,(H,12,13). The Morgan fingerprint density at radius 2 is 1.40 bits per heavy atom. The summed E-state index contributed by atoms with van der Waals surface area (Å²) < 4.78 is 4.87. The Kier molecular flexibility index (Phi) is 0.691. The molecule has 0 heterocycles. The van der Waals surface area contributed by atoms with Crippen LogP contribution in [0.5, 0.6) is 0 Å². The lowest BCUT2D eigenvalue weighted by Crippen LogP contribution is -2.60. The topological polar surface area (TPSA) is 63.6 Å². The van der Waals surface area contributed by atoms with E-state index in [0.29, 0.717) is 35.5 Å². The summed E-state index contributed by atoms with van der Waals surface area (Å²) in [5.74, 6) is 1.44. The van der Waals surface area contributed by atoms with Gasteiger partial charge < -0.3 is 9.84 Å². The van der Waals surface area contributed by atoms with Gasteiger partial charge in [0, 0.05) is 0 Å². The van der Waals surface area contributed by atoms with Gasteiger partial charge in [0.1, 0.15) is 0 Å². The molecule has 6 aliphatic carbocycles. The predicted molar refractivity (Wildman–Crippen MR) is 45.5 cm³/mol. The van der Waals surface area contributed by atoms with Gasteiger partial charge >= 0.3 is 11.9 Å². The number of carboxylic acid groups (broad SMARTS) is 1. The summed E-state index contributed by atoms with van der Waals surface area (Å²) in [5.41, 5.74) is -0.554. The molecule has 4 heteroatoms. The summed E-state index contributed by atoms with van der Waals surface area (Å²) in [4.78, 5) is 22.9. The van der Waals surface area contributed by atoms with E-state index in [0.717, 1.165) is 0 Å². The van der Waals surface area contributed by atoms with Crippen molar-refractivity contribution in [3.05, 3.63) is 0 Å². The Balaban J connectivity index is 1.61. The van der Waals surface area contributed by atoms with Crippen molar-refractivity contribution in [1.82, 2.24) is 0 Å². The van der Waals surface area contributed by atoms with Crippen LogP contribution in [0.15, 0.2) is 0 Å². The highest BCUT2D eigenvalue weighted by atomic mass is 16.5. The van der Waals surface area contributed by atoms with Crippen LogP contribution in [0.4, 0.5) is 0 Å². The number of carbonyl (C=O) groups excluding carboxylic acids is 1. The molecule has 0 aromatic heterocycles. The third kappa shape index (κ3) is 0.326. The molecule has 0 radical (unpaired) electrons. The van der Waals surface area contributed by atoms with Crippen LogP contribution in [0, 0.1) is 46.3 Å². The minimum absolute atomic E-state index is 0.0649. The van der Waals surface area contributed by atoms with Gasteiger partial charge in [0.25, 0.3) is 0 Å². The van der Waals surface area contributed by atoms with Gasteiger partial charge in [-0.1, -0.05) is 0 Å². The van der Waals surface area contributed by atoms with Crippen LogP contribution in [0.3, 0.4) is 0 Å². The first-order valence-electron chi connectivity index (χ1n) is 5.48. The van der Waals surface area contributed by atoms with Gasteiger partial charge in [0.2, 0.25) is 0 Å². The number of hydrogen-bond acceptors (Lipinski definition) is 3. The van der Waals surface area contributed by atoms with Crippen LogP contribution >= 0.6 is 0 Å². The Hall–Kier alpha value is -1.06. The van der Waals surface area contributed by atoms with Crippen molar-refractivity contribution in [2.45, 2.75) is 0 Å². The summed E-state index contributed by atoms with van der Waals surface area (Å²) in [6.45, 7) is 0. The molecule has 15 heavy (non-hydrogen) atoms. The van der Waals surface area contributed by atoms with Gasteiger partial charge in [-0.05, 0) is 35.5 Å². The third-order valence-electron chi connectivity index (χ3n) is 6.32. The van der Waals surface area contributed by atoms with Crippen LogP contribution in [0.1, 0.15) is 0 Å². The fourth-order valence-corrected chi connectivity index (χ4v) is 6.31. The van der Waals surface area contributed by atoms with Crippen LogP contribution in [0.2, 0.25) is 0 Å². The van der Waals surface area contributed by atoms with Crippen molar-refractivity contribution < 1.29 is 19.4 Å². The van der Waals surface area contributed by atoms with Crippen LogP contribution in [0.25, 0.3) is 0 Å². The molecule has 1 N–H and O–H groups in total. The van der Waals surface area contributed by atoms with E-state index in [9.17, 15) is 14.7 Å². The van der Waals surface area contributed by atoms with Crippen molar-refractivity contribution >= 4 is 11.9 Å². The molecule has 8 atom stereocenters. The smallest absolute Gasteiger partial charge is 0.312 e. The minimum Gasteiger partial charge on any atom is -0.481 e. The predicted octanol–water partition coefficient (Wildman–Crippen LogP) is -0.0180. The van der Waals surface area contributed by atoms with E-state index in [1.165, 1.54) is 7.11 Å². The van der Waals surface area contributed by atoms with Crippen molar-refractivity contribution in [3.8, 4) is 0 Å². The molecule has 0 spiro atoms. The van der Waals surface area contributed by atoms with E-state index in [2.05, 4.69) is 0 Å². The third-order valence-corrected chi connectivity index (χ3v) is 6.32. The molecule has 0 aliphatic heterocycles. The number of ether oxygens (including phenoxy) is 1. The molecule has 6 saturated carbocycles. The highest BCUT2D eigenvalue weighted by Gasteiger charge is 3.13. The largest absolute Gasteiger partial charge is 0.481 e. The number of esters is 1. The zero-order chi connectivity index (χ0) is 10.3. The summed E-state index contributed by atoms with van der Waals surface area (Å²) in [7, 11) is 1.44. The number of hydrogen-bond donors (Lipinski definition) is 1. The lowest BCUT2D eigenvalue weighted by atomic mass is 9.47. The van der Waals surface area contributed by atoms with Crippen LogP contribution in [-0.2, 0) is 14.3 Å². The van der Waals surface area contributed by atoms with Crippen molar-refractivity contribution in [2.24, 2.45) is 46.3 Å². The molecule has 8 unspecified atom stereocenters. The first-order chi connectivity index (χ1) is 7.16. The summed E-state index contributed by atoms with van der Waals surface area (Å²) >= 11 is 0. The van der Waals surface area contributed by atoms with Crippen molar-refractivity contribution in [3.63, 3.8) is 0 Å². The maximum Gasteiger partial charge on any atom is 0.312 e. The van der Waals surface area contributed by atoms with Gasteiger partial charge in [0.05, 0.1) is 17.9 Å². The van der Waals surface area contributed by atoms with Gasteiger partial charge in [-0.2, -0.15) is 0 Å². The number of carboxylic acids is 1. The average molecular weight is 206 g/mol. The minimum atomic E-state index is -0.607. The number of aliphatic carboxylic acids is 1. The molecule has 0 aromatic rings. The van der Waals surface area contributed by atoms with Crippen LogP contribution in [-0.4, -0.2) is 24.2 Å². The molecule has 4 nitrogen and oxygen atoms in total. The zero-order valence-corrected chi connectivity index (χ0v) is 8.14. The maximum absolute atomic E-state index is 11.7. The van der Waals surface area contributed by atoms with Gasteiger partial charge in [-0.25, -0.2) is 0 Å². The van der Waals surface area contributed by atoms with E-state index in [1.807, 2.05) is 0 Å². The van der Waals surface area contributed by atoms with E-state index >= 15 is 0 Å². The number of methoxy groups -OCH3 is 1. The fourth-order valence-electron chi connectivity index (χ4n) is 6.31. The molecular weight excluding hydrogens is 196 g/mol. The number of carbonyl (C=O) groups is 2. The van der Waals surface area contributed by atoms with Crippen LogP contribution < -0.4 is 0 Å². The second-order valence-corrected chi connectivity index (χ2v) is 5.82. The highest BCUT2D eigenvalue weighted by molar-refractivity contribution is 5.96. The lowest BCUT2D eigenvalue weighted by molar-refractivity contribution is -0.188. The summed E-state index contributed by atoms with van der Waals surface area (Å²) in [6.07, 6.45) is 0. The Bertz CT molecular complexity index is 459. The molecule has 0 bridgehead atoms. The lowest BCUT2D eigenvalue weighted by Gasteiger charge is -2.54. The first kappa shape index (κ1) is 7.25. The molecule has 0 amide bonds. The molecule has 0 saturated heterocycles. The highest BCUT2D eigenvalue weighted by Crippen LogP contribution is 3.10. The Morgan fingerprint density at radius 3 is 1.73 bits per heavy atom. The maximum atomic E-state index is 11.7. The van der Waals surface area contributed by atoms with E-state index < -0.39 is 5.97 Å².